The van der Waals surface area contributed by atoms with Crippen molar-refractivity contribution in [3.8, 4) is 11.3 Å². The molecule has 0 spiro atoms. The van der Waals surface area contributed by atoms with Gasteiger partial charge < -0.3 is 5.32 Å². The summed E-state index contributed by atoms with van der Waals surface area (Å²) in [6.07, 6.45) is 2.10. The molecule has 0 unspecified atom stereocenters. The van der Waals surface area contributed by atoms with E-state index in [-0.39, 0.29) is 5.41 Å². The largest absolute Gasteiger partial charge is 0.369 e. The molecule has 3 rings (SSSR count). The van der Waals surface area contributed by atoms with Gasteiger partial charge in [0.15, 0.2) is 0 Å². The lowest BCUT2D eigenvalue weighted by atomic mass is 9.72. The summed E-state index contributed by atoms with van der Waals surface area (Å²) in [7, 11) is 0. The van der Waals surface area contributed by atoms with Crippen LogP contribution in [0.25, 0.3) is 11.3 Å². The molecule has 1 aliphatic rings. The van der Waals surface area contributed by atoms with Gasteiger partial charge in [-0.2, -0.15) is 0 Å². The Bertz CT molecular complexity index is 632. The van der Waals surface area contributed by atoms with E-state index >= 15 is 0 Å². The summed E-state index contributed by atoms with van der Waals surface area (Å²) in [5, 5.41) is 12.1. The molecule has 0 saturated heterocycles. The minimum Gasteiger partial charge on any atom is -0.369 e. The van der Waals surface area contributed by atoms with Crippen LogP contribution in [0, 0.1) is 0 Å². The first kappa shape index (κ1) is 13.1. The Morgan fingerprint density at radius 3 is 2.80 bits per heavy atom. The maximum absolute atomic E-state index is 4.47. The second kappa shape index (κ2) is 4.89. The number of anilines is 1. The van der Waals surface area contributed by atoms with Crippen molar-refractivity contribution in [2.75, 3.05) is 11.9 Å². The molecule has 1 aliphatic carbocycles. The van der Waals surface area contributed by atoms with Gasteiger partial charge in [-0.15, -0.1) is 10.2 Å². The smallest absolute Gasteiger partial charge is 0.148 e. The van der Waals surface area contributed by atoms with Crippen LogP contribution in [0.3, 0.4) is 0 Å². The average Bonchev–Trinajstić information content (AvgIpc) is 2.44. The van der Waals surface area contributed by atoms with E-state index in [0.29, 0.717) is 0 Å². The molecule has 2 aromatic rings. The Balaban J connectivity index is 2.07. The maximum atomic E-state index is 4.47. The summed E-state index contributed by atoms with van der Waals surface area (Å²) < 4.78 is 0. The topological polar surface area (TPSA) is 37.8 Å². The number of hydrogen-bond donors (Lipinski definition) is 1. The zero-order valence-corrected chi connectivity index (χ0v) is 12.4. The maximum Gasteiger partial charge on any atom is 0.148 e. The average molecular weight is 267 g/mol. The minimum absolute atomic E-state index is 0.147. The van der Waals surface area contributed by atoms with Crippen LogP contribution >= 0.6 is 0 Å². The highest BCUT2D eigenvalue weighted by Gasteiger charge is 2.31. The van der Waals surface area contributed by atoms with E-state index in [2.05, 4.69) is 66.6 Å². The highest BCUT2D eigenvalue weighted by molar-refractivity contribution is 5.72. The molecule has 104 valence electrons. The Hall–Kier alpha value is -1.90. The fourth-order valence-corrected chi connectivity index (χ4v) is 2.98. The molecule has 1 aromatic carbocycles. The van der Waals surface area contributed by atoms with Gasteiger partial charge in [-0.05, 0) is 35.4 Å². The lowest BCUT2D eigenvalue weighted by Gasteiger charge is -2.33. The summed E-state index contributed by atoms with van der Waals surface area (Å²) in [5.74, 6) is 0.890. The number of benzene rings is 1. The summed E-state index contributed by atoms with van der Waals surface area (Å²) in [5.41, 5.74) is 5.09. The molecule has 0 fully saturated rings. The van der Waals surface area contributed by atoms with Crippen LogP contribution in [0.1, 0.15) is 38.3 Å². The lowest BCUT2D eigenvalue weighted by Crippen LogP contribution is -2.26. The van der Waals surface area contributed by atoms with Crippen molar-refractivity contribution >= 4 is 5.82 Å². The number of fused-ring (bicyclic) bond motifs is 3. The van der Waals surface area contributed by atoms with Gasteiger partial charge in [0.05, 0.1) is 5.69 Å². The number of rotatable bonds is 3. The first-order chi connectivity index (χ1) is 9.62. The van der Waals surface area contributed by atoms with Crippen LogP contribution < -0.4 is 5.32 Å². The van der Waals surface area contributed by atoms with Crippen LogP contribution in [-0.4, -0.2) is 16.7 Å². The van der Waals surface area contributed by atoms with E-state index in [1.807, 2.05) is 0 Å². The number of aromatic nitrogens is 2. The molecule has 0 bridgehead atoms. The highest BCUT2D eigenvalue weighted by Crippen LogP contribution is 2.41. The Labute approximate surface area is 120 Å². The molecule has 0 saturated carbocycles. The molecule has 0 amide bonds. The fourth-order valence-electron chi connectivity index (χ4n) is 2.98. The SMILES string of the molecule is CCCNc1cc2c(nn1)-c1ccccc1C(C)(C)C2. The van der Waals surface area contributed by atoms with Gasteiger partial charge in [0.1, 0.15) is 5.82 Å². The summed E-state index contributed by atoms with van der Waals surface area (Å²) in [6, 6.07) is 10.7. The monoisotopic (exact) mass is 267 g/mol. The van der Waals surface area contributed by atoms with E-state index in [4.69, 9.17) is 0 Å². The first-order valence-electron chi connectivity index (χ1n) is 7.32. The highest BCUT2D eigenvalue weighted by atomic mass is 15.2. The van der Waals surface area contributed by atoms with Crippen LogP contribution in [0.5, 0.6) is 0 Å². The third-order valence-corrected chi connectivity index (χ3v) is 3.97. The number of hydrogen-bond acceptors (Lipinski definition) is 3. The number of nitrogens with one attached hydrogen (secondary N) is 1. The zero-order chi connectivity index (χ0) is 14.2. The third-order valence-electron chi connectivity index (χ3n) is 3.97. The molecule has 3 nitrogen and oxygen atoms in total. The zero-order valence-electron chi connectivity index (χ0n) is 12.4. The second-order valence-electron chi connectivity index (χ2n) is 6.14. The van der Waals surface area contributed by atoms with Crippen molar-refractivity contribution in [2.24, 2.45) is 0 Å². The van der Waals surface area contributed by atoms with Gasteiger partial charge >= 0.3 is 0 Å². The normalized spacial score (nSPS) is 15.3. The molecule has 1 heterocycles. The molecular formula is C17H21N3. The minimum atomic E-state index is 0.147. The molecule has 3 heteroatoms. The predicted octanol–water partition coefficient (Wildman–Crippen LogP) is 3.80. The van der Waals surface area contributed by atoms with Crippen molar-refractivity contribution in [2.45, 2.75) is 39.0 Å². The summed E-state index contributed by atoms with van der Waals surface area (Å²) in [6.45, 7) is 7.69. The molecule has 0 atom stereocenters. The molecular weight excluding hydrogens is 246 g/mol. The van der Waals surface area contributed by atoms with E-state index in [1.165, 1.54) is 16.7 Å². The quantitative estimate of drug-likeness (QED) is 0.919. The molecule has 1 N–H and O–H groups in total. The number of nitrogens with zero attached hydrogens (tertiary/aromatic N) is 2. The van der Waals surface area contributed by atoms with Crippen molar-refractivity contribution in [3.05, 3.63) is 41.5 Å². The fraction of sp³-hybridized carbons (Fsp3) is 0.412. The van der Waals surface area contributed by atoms with Gasteiger partial charge in [0.2, 0.25) is 0 Å². The Kier molecular flexibility index (Phi) is 3.20. The van der Waals surface area contributed by atoms with Gasteiger partial charge in [-0.3, -0.25) is 0 Å². The van der Waals surface area contributed by atoms with Crippen LogP contribution in [0.2, 0.25) is 0 Å². The van der Waals surface area contributed by atoms with Crippen molar-refractivity contribution in [1.29, 1.82) is 0 Å². The lowest BCUT2D eigenvalue weighted by molar-refractivity contribution is 0.514. The third kappa shape index (κ3) is 2.17. The van der Waals surface area contributed by atoms with E-state index < -0.39 is 0 Å². The predicted molar refractivity (Wildman–Crippen MR) is 83.0 cm³/mol. The molecule has 0 radical (unpaired) electrons. The van der Waals surface area contributed by atoms with Crippen molar-refractivity contribution < 1.29 is 0 Å². The van der Waals surface area contributed by atoms with Crippen LogP contribution in [-0.2, 0) is 11.8 Å². The molecule has 1 aromatic heterocycles. The van der Waals surface area contributed by atoms with Gasteiger partial charge in [0, 0.05) is 12.1 Å². The standard InChI is InChI=1S/C17H21N3/c1-4-9-18-15-10-12-11-17(2,3)14-8-6-5-7-13(14)16(12)20-19-15/h5-8,10H,4,9,11H2,1-3H3,(H,18,19). The van der Waals surface area contributed by atoms with Gasteiger partial charge in [0.25, 0.3) is 0 Å². The van der Waals surface area contributed by atoms with E-state index in [9.17, 15) is 0 Å². The van der Waals surface area contributed by atoms with Crippen LogP contribution in [0.15, 0.2) is 30.3 Å². The van der Waals surface area contributed by atoms with Gasteiger partial charge in [-0.1, -0.05) is 45.0 Å². The summed E-state index contributed by atoms with van der Waals surface area (Å²) in [4.78, 5) is 0. The van der Waals surface area contributed by atoms with E-state index in [1.54, 1.807) is 0 Å². The molecule has 20 heavy (non-hydrogen) atoms. The Morgan fingerprint density at radius 1 is 1.20 bits per heavy atom. The van der Waals surface area contributed by atoms with Crippen molar-refractivity contribution in [3.63, 3.8) is 0 Å². The van der Waals surface area contributed by atoms with Crippen molar-refractivity contribution in [1.82, 2.24) is 10.2 Å². The second-order valence-corrected chi connectivity index (χ2v) is 6.14. The van der Waals surface area contributed by atoms with Crippen LogP contribution in [0.4, 0.5) is 5.82 Å². The first-order valence-corrected chi connectivity index (χ1v) is 7.32. The Morgan fingerprint density at radius 2 is 2.00 bits per heavy atom. The summed E-state index contributed by atoms with van der Waals surface area (Å²) >= 11 is 0. The van der Waals surface area contributed by atoms with E-state index in [0.717, 1.165) is 30.9 Å². The molecule has 0 aliphatic heterocycles. The van der Waals surface area contributed by atoms with Gasteiger partial charge in [-0.25, -0.2) is 0 Å².